The summed E-state index contributed by atoms with van der Waals surface area (Å²) in [6, 6.07) is 4.09. The van der Waals surface area contributed by atoms with Crippen LogP contribution in [-0.4, -0.2) is 45.9 Å². The van der Waals surface area contributed by atoms with Gasteiger partial charge in [-0.1, -0.05) is 0 Å². The van der Waals surface area contributed by atoms with Crippen molar-refractivity contribution >= 4 is 5.91 Å². The lowest BCUT2D eigenvalue weighted by Crippen LogP contribution is -2.52. The van der Waals surface area contributed by atoms with E-state index in [4.69, 9.17) is 9.15 Å². The van der Waals surface area contributed by atoms with Crippen molar-refractivity contribution in [2.24, 2.45) is 13.0 Å². The molecule has 2 saturated heterocycles. The standard InChI is InChI=1S/C18H24N4O3/c1-21-10-13(8-20-21)11-22-12-14(7-17-16(22)4-6-25-17)18(23)19-9-15-3-2-5-24-15/h2-3,5,8,10,14,16-17H,4,6-7,9,11-12H2,1H3,(H,19,23)/t14-,16+,17+/m0/s1. The Morgan fingerprint density at radius 2 is 2.40 bits per heavy atom. The van der Waals surface area contributed by atoms with E-state index < -0.39 is 0 Å². The van der Waals surface area contributed by atoms with Gasteiger partial charge in [-0.05, 0) is 25.0 Å². The Kier molecular flexibility index (Phi) is 4.59. The van der Waals surface area contributed by atoms with Gasteiger partial charge in [-0.15, -0.1) is 0 Å². The molecule has 3 atom stereocenters. The largest absolute Gasteiger partial charge is 0.467 e. The Balaban J connectivity index is 1.41. The molecule has 1 amide bonds. The van der Waals surface area contributed by atoms with Crippen LogP contribution in [0.15, 0.2) is 35.2 Å². The van der Waals surface area contributed by atoms with Crippen molar-refractivity contribution in [3.63, 3.8) is 0 Å². The molecule has 0 bridgehead atoms. The van der Waals surface area contributed by atoms with Gasteiger partial charge in [0.1, 0.15) is 5.76 Å². The maximum absolute atomic E-state index is 12.6. The van der Waals surface area contributed by atoms with E-state index in [2.05, 4.69) is 15.3 Å². The number of carbonyl (C=O) groups is 1. The Labute approximate surface area is 146 Å². The highest BCUT2D eigenvalue weighted by atomic mass is 16.5. The number of nitrogens with one attached hydrogen (secondary N) is 1. The minimum absolute atomic E-state index is 0.0639. The monoisotopic (exact) mass is 344 g/mol. The third-order valence-corrected chi connectivity index (χ3v) is 5.15. The molecule has 4 rings (SSSR count). The summed E-state index contributed by atoms with van der Waals surface area (Å²) in [5.74, 6) is 0.777. The number of aromatic nitrogens is 2. The van der Waals surface area contributed by atoms with Gasteiger partial charge in [0.15, 0.2) is 0 Å². The third-order valence-electron chi connectivity index (χ3n) is 5.15. The smallest absolute Gasteiger partial charge is 0.224 e. The second-order valence-electron chi connectivity index (χ2n) is 6.95. The van der Waals surface area contributed by atoms with Crippen LogP contribution in [0.3, 0.4) is 0 Å². The van der Waals surface area contributed by atoms with Crippen LogP contribution in [0.25, 0.3) is 0 Å². The van der Waals surface area contributed by atoms with E-state index in [9.17, 15) is 4.79 Å². The highest BCUT2D eigenvalue weighted by Crippen LogP contribution is 2.32. The van der Waals surface area contributed by atoms with Gasteiger partial charge in [0.2, 0.25) is 5.91 Å². The molecule has 25 heavy (non-hydrogen) atoms. The average Bonchev–Trinajstić information content (AvgIpc) is 3.34. The molecule has 1 N–H and O–H groups in total. The Bertz CT molecular complexity index is 712. The molecule has 0 radical (unpaired) electrons. The summed E-state index contributed by atoms with van der Waals surface area (Å²) in [7, 11) is 1.92. The first-order valence-electron chi connectivity index (χ1n) is 8.82. The minimum atomic E-state index is -0.0639. The summed E-state index contributed by atoms with van der Waals surface area (Å²) < 4.78 is 13.0. The molecular weight excluding hydrogens is 320 g/mol. The predicted molar refractivity (Wildman–Crippen MR) is 90.4 cm³/mol. The number of piperidine rings is 1. The maximum Gasteiger partial charge on any atom is 0.224 e. The molecule has 2 aliphatic rings. The minimum Gasteiger partial charge on any atom is -0.467 e. The lowest BCUT2D eigenvalue weighted by Gasteiger charge is -2.40. The first-order chi connectivity index (χ1) is 12.2. The second-order valence-corrected chi connectivity index (χ2v) is 6.95. The Morgan fingerprint density at radius 1 is 1.48 bits per heavy atom. The maximum atomic E-state index is 12.6. The molecular formula is C18H24N4O3. The number of aryl methyl sites for hydroxylation is 1. The average molecular weight is 344 g/mol. The zero-order valence-electron chi connectivity index (χ0n) is 14.4. The van der Waals surface area contributed by atoms with Crippen molar-refractivity contribution in [1.82, 2.24) is 20.0 Å². The van der Waals surface area contributed by atoms with Crippen LogP contribution in [0.4, 0.5) is 0 Å². The van der Waals surface area contributed by atoms with Gasteiger partial charge in [0, 0.05) is 44.5 Å². The molecule has 2 fully saturated rings. The molecule has 0 unspecified atom stereocenters. The normalized spacial score (nSPS) is 26.5. The van der Waals surface area contributed by atoms with Crippen molar-refractivity contribution in [1.29, 1.82) is 0 Å². The van der Waals surface area contributed by atoms with Crippen LogP contribution in [-0.2, 0) is 29.7 Å². The zero-order chi connectivity index (χ0) is 17.2. The number of hydrogen-bond acceptors (Lipinski definition) is 5. The van der Waals surface area contributed by atoms with Crippen molar-refractivity contribution in [2.45, 2.75) is 38.1 Å². The van der Waals surface area contributed by atoms with Gasteiger partial charge in [0.05, 0.1) is 31.0 Å². The first kappa shape index (κ1) is 16.4. The van der Waals surface area contributed by atoms with Crippen LogP contribution in [0, 0.1) is 5.92 Å². The van der Waals surface area contributed by atoms with Gasteiger partial charge in [0.25, 0.3) is 0 Å². The first-order valence-corrected chi connectivity index (χ1v) is 8.82. The highest BCUT2D eigenvalue weighted by molar-refractivity contribution is 5.79. The van der Waals surface area contributed by atoms with E-state index in [1.807, 2.05) is 36.3 Å². The van der Waals surface area contributed by atoms with Crippen LogP contribution >= 0.6 is 0 Å². The van der Waals surface area contributed by atoms with E-state index in [1.54, 1.807) is 6.26 Å². The molecule has 0 aliphatic carbocycles. The van der Waals surface area contributed by atoms with E-state index in [0.29, 0.717) is 12.6 Å². The number of ether oxygens (including phenoxy) is 1. The van der Waals surface area contributed by atoms with Gasteiger partial charge in [-0.25, -0.2) is 0 Å². The van der Waals surface area contributed by atoms with Crippen LogP contribution in [0.1, 0.15) is 24.2 Å². The second kappa shape index (κ2) is 7.01. The van der Waals surface area contributed by atoms with E-state index in [1.165, 1.54) is 5.56 Å². The van der Waals surface area contributed by atoms with Gasteiger partial charge < -0.3 is 14.5 Å². The SMILES string of the molecule is Cn1cc(CN2C[C@@H](C(=O)NCc3ccco3)C[C@H]3OCC[C@H]32)cn1. The van der Waals surface area contributed by atoms with E-state index >= 15 is 0 Å². The summed E-state index contributed by atoms with van der Waals surface area (Å²) in [6.07, 6.45) is 7.51. The van der Waals surface area contributed by atoms with E-state index in [0.717, 1.165) is 38.3 Å². The van der Waals surface area contributed by atoms with Gasteiger partial charge in [-0.2, -0.15) is 5.10 Å². The summed E-state index contributed by atoms with van der Waals surface area (Å²) in [6.45, 7) is 2.77. The summed E-state index contributed by atoms with van der Waals surface area (Å²) in [5.41, 5.74) is 1.17. The lowest BCUT2D eigenvalue weighted by atomic mass is 9.89. The topological polar surface area (TPSA) is 72.5 Å². The summed E-state index contributed by atoms with van der Waals surface area (Å²) >= 11 is 0. The van der Waals surface area contributed by atoms with Gasteiger partial charge >= 0.3 is 0 Å². The van der Waals surface area contributed by atoms with Crippen LogP contribution in [0.5, 0.6) is 0 Å². The molecule has 4 heterocycles. The van der Waals surface area contributed by atoms with Crippen molar-refractivity contribution in [3.05, 3.63) is 42.1 Å². The molecule has 0 aromatic carbocycles. The molecule has 2 aromatic rings. The number of nitrogens with zero attached hydrogens (tertiary/aromatic N) is 3. The molecule has 0 spiro atoms. The molecule has 2 aliphatic heterocycles. The van der Waals surface area contributed by atoms with E-state index in [-0.39, 0.29) is 17.9 Å². The summed E-state index contributed by atoms with van der Waals surface area (Å²) in [5, 5.41) is 7.24. The summed E-state index contributed by atoms with van der Waals surface area (Å²) in [4.78, 5) is 15.0. The fourth-order valence-electron chi connectivity index (χ4n) is 3.94. The van der Waals surface area contributed by atoms with Gasteiger partial charge in [-0.3, -0.25) is 14.4 Å². The van der Waals surface area contributed by atoms with Crippen molar-refractivity contribution in [2.75, 3.05) is 13.2 Å². The fourth-order valence-corrected chi connectivity index (χ4v) is 3.94. The Hall–Kier alpha value is -2.12. The fraction of sp³-hybridized carbons (Fsp3) is 0.556. The molecule has 7 nitrogen and oxygen atoms in total. The highest BCUT2D eigenvalue weighted by Gasteiger charge is 2.42. The van der Waals surface area contributed by atoms with Crippen LogP contribution in [0.2, 0.25) is 0 Å². The Morgan fingerprint density at radius 3 is 3.16 bits per heavy atom. The predicted octanol–water partition coefficient (Wildman–Crippen LogP) is 1.31. The number of fused-ring (bicyclic) bond motifs is 1. The number of carbonyl (C=O) groups excluding carboxylic acids is 1. The lowest BCUT2D eigenvalue weighted by molar-refractivity contribution is -0.130. The molecule has 134 valence electrons. The third kappa shape index (κ3) is 3.62. The number of furan rings is 1. The number of likely N-dealkylation sites (tertiary alicyclic amines) is 1. The number of hydrogen-bond donors (Lipinski definition) is 1. The molecule has 2 aromatic heterocycles. The zero-order valence-corrected chi connectivity index (χ0v) is 14.4. The van der Waals surface area contributed by atoms with Crippen LogP contribution < -0.4 is 5.32 Å². The number of amides is 1. The molecule has 0 saturated carbocycles. The van der Waals surface area contributed by atoms with Crippen molar-refractivity contribution in [3.8, 4) is 0 Å². The number of rotatable bonds is 5. The van der Waals surface area contributed by atoms with Crippen molar-refractivity contribution < 1.29 is 13.9 Å². The molecule has 7 heteroatoms. The quantitative estimate of drug-likeness (QED) is 0.885.